The summed E-state index contributed by atoms with van der Waals surface area (Å²) in [7, 11) is 1.78. The predicted molar refractivity (Wildman–Crippen MR) is 81.1 cm³/mol. The van der Waals surface area contributed by atoms with Crippen LogP contribution >= 0.6 is 11.3 Å². The Morgan fingerprint density at radius 3 is 2.81 bits per heavy atom. The number of nitrogens with one attached hydrogen (secondary N) is 1. The summed E-state index contributed by atoms with van der Waals surface area (Å²) >= 11 is 1.61. The third kappa shape index (κ3) is 5.45. The molecule has 0 saturated carbocycles. The lowest BCUT2D eigenvalue weighted by molar-refractivity contribution is -0.136. The molecule has 1 fully saturated rings. The zero-order valence-electron chi connectivity index (χ0n) is 12.2. The summed E-state index contributed by atoms with van der Waals surface area (Å²) in [6, 6.07) is 3.94. The largest absolute Gasteiger partial charge is 0.378 e. The van der Waals surface area contributed by atoms with Gasteiger partial charge >= 0.3 is 0 Å². The number of nitrogens with zero attached hydrogens (tertiary/aromatic N) is 2. The summed E-state index contributed by atoms with van der Waals surface area (Å²) in [5, 5.41) is 4.83. The summed E-state index contributed by atoms with van der Waals surface area (Å²) in [6.07, 6.45) is 0. The second-order valence-electron chi connectivity index (χ2n) is 5.02. The minimum atomic E-state index is -0.0688. The van der Waals surface area contributed by atoms with Crippen LogP contribution in [0, 0.1) is 0 Å². The van der Waals surface area contributed by atoms with Crippen LogP contribution in [0.4, 0.5) is 0 Å². The predicted octanol–water partition coefficient (Wildman–Crippen LogP) is 0.155. The van der Waals surface area contributed by atoms with Gasteiger partial charge in [0.25, 0.3) is 0 Å². The highest BCUT2D eigenvalue weighted by atomic mass is 32.1. The molecule has 2 amide bonds. The van der Waals surface area contributed by atoms with E-state index < -0.39 is 0 Å². The quantitative estimate of drug-likeness (QED) is 0.813. The molecule has 1 aromatic rings. The van der Waals surface area contributed by atoms with Crippen molar-refractivity contribution in [3.05, 3.63) is 22.4 Å². The molecule has 116 valence electrons. The van der Waals surface area contributed by atoms with E-state index in [2.05, 4.69) is 5.32 Å². The molecule has 2 heterocycles. The summed E-state index contributed by atoms with van der Waals surface area (Å²) in [4.78, 5) is 28.5. The first-order valence-electron chi connectivity index (χ1n) is 6.98. The fourth-order valence-corrected chi connectivity index (χ4v) is 2.74. The van der Waals surface area contributed by atoms with E-state index in [-0.39, 0.29) is 24.9 Å². The van der Waals surface area contributed by atoms with E-state index in [4.69, 9.17) is 4.74 Å². The molecule has 0 aliphatic carbocycles. The zero-order valence-corrected chi connectivity index (χ0v) is 13.0. The van der Waals surface area contributed by atoms with Crippen LogP contribution in [0.1, 0.15) is 4.88 Å². The van der Waals surface area contributed by atoms with Gasteiger partial charge in [0, 0.05) is 18.0 Å². The van der Waals surface area contributed by atoms with Gasteiger partial charge in [-0.3, -0.25) is 14.5 Å². The molecule has 0 aromatic carbocycles. The van der Waals surface area contributed by atoms with E-state index in [0.717, 1.165) is 4.88 Å². The van der Waals surface area contributed by atoms with Crippen LogP contribution in [0.5, 0.6) is 0 Å². The molecule has 0 spiro atoms. The van der Waals surface area contributed by atoms with Crippen LogP contribution in [-0.4, -0.2) is 68.1 Å². The Morgan fingerprint density at radius 1 is 1.38 bits per heavy atom. The summed E-state index contributed by atoms with van der Waals surface area (Å²) < 4.78 is 5.22. The molecule has 21 heavy (non-hydrogen) atoms. The number of rotatable bonds is 6. The smallest absolute Gasteiger partial charge is 0.236 e. The van der Waals surface area contributed by atoms with Crippen molar-refractivity contribution in [2.45, 2.75) is 6.54 Å². The molecule has 0 unspecified atom stereocenters. The van der Waals surface area contributed by atoms with Gasteiger partial charge < -0.3 is 15.0 Å². The van der Waals surface area contributed by atoms with Crippen LogP contribution in [0.2, 0.25) is 0 Å². The van der Waals surface area contributed by atoms with Gasteiger partial charge in [-0.2, -0.15) is 0 Å². The Hall–Kier alpha value is -1.44. The van der Waals surface area contributed by atoms with Crippen molar-refractivity contribution in [2.75, 3.05) is 46.4 Å². The second-order valence-corrected chi connectivity index (χ2v) is 6.05. The zero-order chi connectivity index (χ0) is 15.1. The van der Waals surface area contributed by atoms with Crippen molar-refractivity contribution >= 4 is 23.2 Å². The van der Waals surface area contributed by atoms with Crippen molar-refractivity contribution in [3.63, 3.8) is 0 Å². The normalized spacial score (nSPS) is 15.2. The molecular formula is C14H21N3O3S. The fraction of sp³-hybridized carbons (Fsp3) is 0.571. The fourth-order valence-electron chi connectivity index (χ4n) is 2.10. The second kappa shape index (κ2) is 8.11. The van der Waals surface area contributed by atoms with Crippen molar-refractivity contribution in [1.82, 2.24) is 15.1 Å². The summed E-state index contributed by atoms with van der Waals surface area (Å²) in [6.45, 7) is 3.48. The Kier molecular flexibility index (Phi) is 6.16. The molecule has 0 atom stereocenters. The minimum absolute atomic E-state index is 0.0480. The molecule has 1 aromatic heterocycles. The van der Waals surface area contributed by atoms with E-state index in [1.807, 2.05) is 17.5 Å². The molecule has 2 rings (SSSR count). The monoisotopic (exact) mass is 311 g/mol. The van der Waals surface area contributed by atoms with E-state index in [1.165, 1.54) is 0 Å². The number of hydrogen-bond donors (Lipinski definition) is 1. The van der Waals surface area contributed by atoms with Gasteiger partial charge in [-0.1, -0.05) is 6.07 Å². The Balaban J connectivity index is 1.66. The number of hydrogen-bond acceptors (Lipinski definition) is 5. The van der Waals surface area contributed by atoms with Gasteiger partial charge in [0.15, 0.2) is 0 Å². The molecule has 0 radical (unpaired) electrons. The highest BCUT2D eigenvalue weighted by Crippen LogP contribution is 2.07. The van der Waals surface area contributed by atoms with E-state index in [1.54, 1.807) is 28.2 Å². The maximum Gasteiger partial charge on any atom is 0.236 e. The van der Waals surface area contributed by atoms with E-state index in [9.17, 15) is 9.59 Å². The summed E-state index contributed by atoms with van der Waals surface area (Å²) in [5.41, 5.74) is 0. The molecule has 1 aliphatic rings. The minimum Gasteiger partial charge on any atom is -0.378 e. The van der Waals surface area contributed by atoms with Crippen LogP contribution in [-0.2, 0) is 20.9 Å². The first-order valence-corrected chi connectivity index (χ1v) is 7.86. The molecular weight excluding hydrogens is 290 g/mol. The maximum atomic E-state index is 12.0. The Bertz CT molecular complexity index is 458. The highest BCUT2D eigenvalue weighted by Gasteiger charge is 2.19. The van der Waals surface area contributed by atoms with Gasteiger partial charge in [0.2, 0.25) is 11.8 Å². The van der Waals surface area contributed by atoms with Crippen molar-refractivity contribution in [2.24, 2.45) is 0 Å². The van der Waals surface area contributed by atoms with Crippen molar-refractivity contribution < 1.29 is 14.3 Å². The van der Waals surface area contributed by atoms with Gasteiger partial charge in [-0.15, -0.1) is 11.3 Å². The van der Waals surface area contributed by atoms with Crippen LogP contribution in [0.25, 0.3) is 0 Å². The topological polar surface area (TPSA) is 61.9 Å². The van der Waals surface area contributed by atoms with Crippen LogP contribution in [0.15, 0.2) is 17.5 Å². The van der Waals surface area contributed by atoms with Crippen LogP contribution in [0.3, 0.4) is 0 Å². The number of carbonyl (C=O) groups is 2. The van der Waals surface area contributed by atoms with E-state index >= 15 is 0 Å². The Labute approximate surface area is 128 Å². The van der Waals surface area contributed by atoms with Gasteiger partial charge in [0.1, 0.15) is 0 Å². The third-order valence-corrected chi connectivity index (χ3v) is 4.10. The number of thiophene rings is 1. The number of amides is 2. The SMILES string of the molecule is CN(CC(=O)NCc1cccs1)CC(=O)N1CCOCC1. The molecule has 1 saturated heterocycles. The third-order valence-electron chi connectivity index (χ3n) is 3.22. The first kappa shape index (κ1) is 15.9. The van der Waals surface area contributed by atoms with Gasteiger partial charge in [-0.25, -0.2) is 0 Å². The molecule has 6 nitrogen and oxygen atoms in total. The standard InChI is InChI=1S/C14H21N3O3S/c1-16(11-14(19)17-4-6-20-7-5-17)10-13(18)15-9-12-3-2-8-21-12/h2-3,8H,4-7,9-11H2,1H3,(H,15,18). The average Bonchev–Trinajstić information content (AvgIpc) is 2.99. The lowest BCUT2D eigenvalue weighted by atomic mass is 10.3. The number of likely N-dealkylation sites (N-methyl/N-ethyl adjacent to an activating group) is 1. The lowest BCUT2D eigenvalue weighted by Crippen LogP contribution is -2.46. The molecule has 1 aliphatic heterocycles. The molecule has 7 heteroatoms. The number of morpholine rings is 1. The Morgan fingerprint density at radius 2 is 2.14 bits per heavy atom. The highest BCUT2D eigenvalue weighted by molar-refractivity contribution is 7.09. The van der Waals surface area contributed by atoms with E-state index in [0.29, 0.717) is 32.8 Å². The molecule has 0 bridgehead atoms. The van der Waals surface area contributed by atoms with Crippen LogP contribution < -0.4 is 5.32 Å². The first-order chi connectivity index (χ1) is 10.1. The molecule has 1 N–H and O–H groups in total. The number of carbonyl (C=O) groups excluding carboxylic acids is 2. The van der Waals surface area contributed by atoms with Gasteiger partial charge in [-0.05, 0) is 18.5 Å². The average molecular weight is 311 g/mol. The van der Waals surface area contributed by atoms with Gasteiger partial charge in [0.05, 0.1) is 32.8 Å². The van der Waals surface area contributed by atoms with Crippen molar-refractivity contribution in [1.29, 1.82) is 0 Å². The lowest BCUT2D eigenvalue weighted by Gasteiger charge is -2.28. The summed E-state index contributed by atoms with van der Waals surface area (Å²) in [5.74, 6) is -0.0208. The number of ether oxygens (including phenoxy) is 1. The van der Waals surface area contributed by atoms with Crippen molar-refractivity contribution in [3.8, 4) is 0 Å². The maximum absolute atomic E-state index is 12.0.